The monoisotopic (exact) mass is 242 g/mol. The molecule has 0 aliphatic heterocycles. The second kappa shape index (κ2) is 5.18. The maximum atomic E-state index is 11.2. The van der Waals surface area contributed by atoms with Crippen LogP contribution in [0.25, 0.3) is 0 Å². The van der Waals surface area contributed by atoms with E-state index in [0.29, 0.717) is 5.75 Å². The highest BCUT2D eigenvalue weighted by atomic mass is 35.5. The van der Waals surface area contributed by atoms with Gasteiger partial charge in [-0.3, -0.25) is 9.80 Å². The first-order valence-electron chi connectivity index (χ1n) is 4.82. The smallest absolute Gasteiger partial charge is 0.274 e. The van der Waals surface area contributed by atoms with Crippen molar-refractivity contribution in [3.63, 3.8) is 0 Å². The molecule has 1 aromatic carbocycles. The highest BCUT2D eigenvalue weighted by Crippen LogP contribution is 2.25. The highest BCUT2D eigenvalue weighted by Gasteiger charge is 2.07. The molecule has 2 N–H and O–H groups in total. The lowest BCUT2D eigenvalue weighted by Crippen LogP contribution is -2.36. The average Bonchev–Trinajstić information content (AvgIpc) is 2.22. The summed E-state index contributed by atoms with van der Waals surface area (Å²) in [5.41, 5.74) is 1.84. The number of carbonyl (C=O) groups is 1. The van der Waals surface area contributed by atoms with E-state index in [2.05, 4.69) is 0 Å². The van der Waals surface area contributed by atoms with Crippen LogP contribution in [0.4, 0.5) is 0 Å². The van der Waals surface area contributed by atoms with Crippen LogP contribution >= 0.6 is 11.6 Å². The predicted octanol–water partition coefficient (Wildman–Crippen LogP) is 1.67. The highest BCUT2D eigenvalue weighted by molar-refractivity contribution is 6.32. The van der Waals surface area contributed by atoms with Crippen LogP contribution in [-0.4, -0.2) is 24.6 Å². The summed E-state index contributed by atoms with van der Waals surface area (Å²) in [7, 11) is 1.48. The van der Waals surface area contributed by atoms with Crippen molar-refractivity contribution < 1.29 is 9.53 Å². The zero-order chi connectivity index (χ0) is 12.3. The van der Waals surface area contributed by atoms with Crippen LogP contribution in [0, 0.1) is 13.8 Å². The van der Waals surface area contributed by atoms with Gasteiger partial charge in [0.15, 0.2) is 6.61 Å². The fraction of sp³-hybridized carbons (Fsp3) is 0.364. The van der Waals surface area contributed by atoms with Crippen molar-refractivity contribution in [2.24, 2.45) is 5.84 Å². The lowest BCUT2D eigenvalue weighted by atomic mass is 10.1. The van der Waals surface area contributed by atoms with E-state index < -0.39 is 0 Å². The topological polar surface area (TPSA) is 55.6 Å². The molecule has 0 aromatic heterocycles. The van der Waals surface area contributed by atoms with Gasteiger partial charge in [-0.05, 0) is 37.1 Å². The Kier molecular flexibility index (Phi) is 4.15. The van der Waals surface area contributed by atoms with Gasteiger partial charge in [0.05, 0.1) is 0 Å². The summed E-state index contributed by atoms with van der Waals surface area (Å²) in [6.07, 6.45) is 0. The molecule has 0 saturated carbocycles. The summed E-state index contributed by atoms with van der Waals surface area (Å²) in [6.45, 7) is 3.70. The molecule has 0 fully saturated rings. The number of nitrogens with zero attached hydrogens (tertiary/aromatic N) is 1. The van der Waals surface area contributed by atoms with Gasteiger partial charge in [0.1, 0.15) is 5.75 Å². The number of carbonyl (C=O) groups excluding carboxylic acids is 1. The minimum atomic E-state index is -0.287. The Labute approximate surface area is 99.9 Å². The summed E-state index contributed by atoms with van der Waals surface area (Å²) >= 11 is 6.01. The Hall–Kier alpha value is -1.26. The molecular weight excluding hydrogens is 228 g/mol. The number of nitrogens with two attached hydrogens (primary N) is 1. The normalized spacial score (nSPS) is 10.1. The first kappa shape index (κ1) is 12.8. The third kappa shape index (κ3) is 3.12. The first-order chi connectivity index (χ1) is 7.41. The molecule has 0 aliphatic rings. The van der Waals surface area contributed by atoms with E-state index in [-0.39, 0.29) is 12.5 Å². The number of benzene rings is 1. The second-order valence-corrected chi connectivity index (χ2v) is 4.04. The van der Waals surface area contributed by atoms with Crippen molar-refractivity contribution in [1.29, 1.82) is 0 Å². The number of amides is 1. The van der Waals surface area contributed by atoms with Crippen molar-refractivity contribution in [3.8, 4) is 5.75 Å². The van der Waals surface area contributed by atoms with Crippen molar-refractivity contribution in [2.75, 3.05) is 13.7 Å². The Bertz CT molecular complexity index is 382. The van der Waals surface area contributed by atoms with Crippen LogP contribution < -0.4 is 10.6 Å². The minimum Gasteiger partial charge on any atom is -0.484 e. The Morgan fingerprint density at radius 3 is 2.38 bits per heavy atom. The summed E-state index contributed by atoms with van der Waals surface area (Å²) in [5, 5.41) is 1.71. The third-order valence-electron chi connectivity index (χ3n) is 2.17. The van der Waals surface area contributed by atoms with Gasteiger partial charge in [-0.1, -0.05) is 11.6 Å². The molecule has 0 radical (unpaired) electrons. The molecule has 0 unspecified atom stereocenters. The summed E-state index contributed by atoms with van der Waals surface area (Å²) in [6, 6.07) is 3.58. The van der Waals surface area contributed by atoms with Crippen LogP contribution in [0.5, 0.6) is 5.75 Å². The number of hydrogen-bond donors (Lipinski definition) is 1. The number of likely N-dealkylation sites (N-methyl/N-ethyl adjacent to an activating group) is 1. The van der Waals surface area contributed by atoms with E-state index >= 15 is 0 Å². The number of hydrogen-bond acceptors (Lipinski definition) is 3. The van der Waals surface area contributed by atoms with Crippen molar-refractivity contribution in [1.82, 2.24) is 5.01 Å². The molecule has 0 bridgehead atoms. The minimum absolute atomic E-state index is 0.0759. The fourth-order valence-corrected chi connectivity index (χ4v) is 1.35. The van der Waals surface area contributed by atoms with Crippen LogP contribution in [0.2, 0.25) is 5.02 Å². The van der Waals surface area contributed by atoms with Crippen molar-refractivity contribution in [2.45, 2.75) is 13.8 Å². The molecule has 0 heterocycles. The van der Waals surface area contributed by atoms with E-state index in [0.717, 1.165) is 21.2 Å². The van der Waals surface area contributed by atoms with Gasteiger partial charge >= 0.3 is 0 Å². The molecule has 4 nitrogen and oxygen atoms in total. The third-order valence-corrected chi connectivity index (χ3v) is 2.76. The Morgan fingerprint density at radius 1 is 1.44 bits per heavy atom. The lowest BCUT2D eigenvalue weighted by molar-refractivity contribution is -0.132. The molecule has 0 aliphatic carbocycles. The average molecular weight is 243 g/mol. The fourth-order valence-electron chi connectivity index (χ4n) is 1.24. The standard InChI is InChI=1S/C11H15ClN2O2/c1-7-4-9(5-8(2)11(7)12)16-6-10(15)14(3)13/h4-5H,6,13H2,1-3H3. The largest absolute Gasteiger partial charge is 0.484 e. The summed E-state index contributed by atoms with van der Waals surface area (Å²) in [5.74, 6) is 5.60. The second-order valence-electron chi connectivity index (χ2n) is 3.66. The maximum Gasteiger partial charge on any atom is 0.274 e. The van der Waals surface area contributed by atoms with Crippen LogP contribution in [0.3, 0.4) is 0 Å². The van der Waals surface area contributed by atoms with Gasteiger partial charge in [-0.15, -0.1) is 0 Å². The molecule has 16 heavy (non-hydrogen) atoms. The first-order valence-corrected chi connectivity index (χ1v) is 5.20. The van der Waals surface area contributed by atoms with E-state index in [1.54, 1.807) is 12.1 Å². The lowest BCUT2D eigenvalue weighted by Gasteiger charge is -2.12. The van der Waals surface area contributed by atoms with Gasteiger partial charge < -0.3 is 4.74 Å². The molecule has 0 atom stereocenters. The number of ether oxygens (including phenoxy) is 1. The van der Waals surface area contributed by atoms with Gasteiger partial charge in [-0.25, -0.2) is 5.84 Å². The molecular formula is C11H15ClN2O2. The van der Waals surface area contributed by atoms with Gasteiger partial charge in [0, 0.05) is 12.1 Å². The van der Waals surface area contributed by atoms with Gasteiger partial charge in [-0.2, -0.15) is 0 Å². The maximum absolute atomic E-state index is 11.2. The molecule has 1 rings (SSSR count). The molecule has 88 valence electrons. The van der Waals surface area contributed by atoms with Crippen molar-refractivity contribution >= 4 is 17.5 Å². The predicted molar refractivity (Wildman–Crippen MR) is 63.4 cm³/mol. The van der Waals surface area contributed by atoms with E-state index in [1.165, 1.54) is 7.05 Å². The summed E-state index contributed by atoms with van der Waals surface area (Å²) in [4.78, 5) is 11.2. The zero-order valence-electron chi connectivity index (χ0n) is 9.58. The Morgan fingerprint density at radius 2 is 1.94 bits per heavy atom. The summed E-state index contributed by atoms with van der Waals surface area (Å²) < 4.78 is 5.32. The van der Waals surface area contributed by atoms with Gasteiger partial charge in [0.25, 0.3) is 5.91 Å². The Balaban J connectivity index is 2.72. The number of rotatable bonds is 3. The van der Waals surface area contributed by atoms with Crippen LogP contribution in [0.15, 0.2) is 12.1 Å². The number of aryl methyl sites for hydroxylation is 2. The van der Waals surface area contributed by atoms with E-state index in [9.17, 15) is 4.79 Å². The number of hydrazine groups is 1. The van der Waals surface area contributed by atoms with E-state index in [4.69, 9.17) is 22.2 Å². The van der Waals surface area contributed by atoms with Crippen LogP contribution in [-0.2, 0) is 4.79 Å². The molecule has 1 amide bonds. The molecule has 5 heteroatoms. The zero-order valence-corrected chi connectivity index (χ0v) is 10.3. The van der Waals surface area contributed by atoms with Crippen LogP contribution in [0.1, 0.15) is 11.1 Å². The molecule has 0 saturated heterocycles. The van der Waals surface area contributed by atoms with E-state index in [1.807, 2.05) is 13.8 Å². The quantitative estimate of drug-likeness (QED) is 0.498. The van der Waals surface area contributed by atoms with Gasteiger partial charge in [0.2, 0.25) is 0 Å². The number of halogens is 1. The molecule has 1 aromatic rings. The van der Waals surface area contributed by atoms with Crippen molar-refractivity contribution in [3.05, 3.63) is 28.3 Å². The SMILES string of the molecule is Cc1cc(OCC(=O)N(C)N)cc(C)c1Cl. The molecule has 0 spiro atoms.